The van der Waals surface area contributed by atoms with Gasteiger partial charge in [0.1, 0.15) is 12.4 Å². The number of hydrogen-bond donors (Lipinski definition) is 1. The van der Waals surface area contributed by atoms with E-state index in [1.807, 2.05) is 0 Å². The SMILES string of the molecule is CCN(CC)CCCNC(=O)c1ccc(COc2c(Cl)cc(Cl)cc2Cl)o1. The molecule has 1 amide bonds. The van der Waals surface area contributed by atoms with Gasteiger partial charge in [-0.2, -0.15) is 0 Å². The maximum Gasteiger partial charge on any atom is 0.286 e. The molecule has 0 saturated carbocycles. The number of ether oxygens (including phenoxy) is 1. The van der Waals surface area contributed by atoms with E-state index in [0.717, 1.165) is 26.1 Å². The van der Waals surface area contributed by atoms with Crippen molar-refractivity contribution in [3.05, 3.63) is 50.9 Å². The van der Waals surface area contributed by atoms with Crippen LogP contribution in [0.25, 0.3) is 0 Å². The van der Waals surface area contributed by atoms with Crippen molar-refractivity contribution in [1.82, 2.24) is 10.2 Å². The van der Waals surface area contributed by atoms with Crippen molar-refractivity contribution < 1.29 is 13.9 Å². The summed E-state index contributed by atoms with van der Waals surface area (Å²) in [6.45, 7) is 7.90. The van der Waals surface area contributed by atoms with Gasteiger partial charge in [-0.3, -0.25) is 4.79 Å². The van der Waals surface area contributed by atoms with Crippen LogP contribution < -0.4 is 10.1 Å². The highest BCUT2D eigenvalue weighted by Crippen LogP contribution is 2.36. The van der Waals surface area contributed by atoms with E-state index in [9.17, 15) is 4.79 Å². The fourth-order valence-corrected chi connectivity index (χ4v) is 3.45. The summed E-state index contributed by atoms with van der Waals surface area (Å²) >= 11 is 18.0. The van der Waals surface area contributed by atoms with Gasteiger partial charge < -0.3 is 19.4 Å². The van der Waals surface area contributed by atoms with Gasteiger partial charge in [0.05, 0.1) is 10.0 Å². The molecule has 8 heteroatoms. The number of nitrogens with zero attached hydrogens (tertiary/aromatic N) is 1. The number of nitrogens with one attached hydrogen (secondary N) is 1. The highest BCUT2D eigenvalue weighted by molar-refractivity contribution is 6.40. The second-order valence-corrected chi connectivity index (χ2v) is 7.14. The molecule has 0 saturated heterocycles. The molecule has 1 N–H and O–H groups in total. The monoisotopic (exact) mass is 432 g/mol. The molecule has 27 heavy (non-hydrogen) atoms. The topological polar surface area (TPSA) is 54.7 Å². The van der Waals surface area contributed by atoms with Crippen LogP contribution in [-0.4, -0.2) is 37.0 Å². The Balaban J connectivity index is 1.83. The number of amides is 1. The van der Waals surface area contributed by atoms with Gasteiger partial charge in [-0.1, -0.05) is 48.7 Å². The fraction of sp³-hybridized carbons (Fsp3) is 0.421. The predicted octanol–water partition coefficient (Wildman–Crippen LogP) is 5.28. The van der Waals surface area contributed by atoms with Gasteiger partial charge in [0.25, 0.3) is 5.91 Å². The van der Waals surface area contributed by atoms with Crippen molar-refractivity contribution in [3.8, 4) is 5.75 Å². The van der Waals surface area contributed by atoms with Crippen molar-refractivity contribution in [1.29, 1.82) is 0 Å². The Hall–Kier alpha value is -1.40. The van der Waals surface area contributed by atoms with Crippen molar-refractivity contribution in [2.75, 3.05) is 26.2 Å². The molecule has 0 spiro atoms. The maximum atomic E-state index is 12.1. The second kappa shape index (κ2) is 10.8. The summed E-state index contributed by atoms with van der Waals surface area (Å²) in [6, 6.07) is 6.39. The van der Waals surface area contributed by atoms with Crippen LogP contribution in [-0.2, 0) is 6.61 Å². The molecule has 0 aliphatic rings. The molecule has 0 fully saturated rings. The molecule has 1 heterocycles. The molecule has 0 unspecified atom stereocenters. The Morgan fingerprint density at radius 2 is 1.81 bits per heavy atom. The number of furan rings is 1. The fourth-order valence-electron chi connectivity index (χ4n) is 2.52. The third-order valence-corrected chi connectivity index (χ3v) is 4.82. The van der Waals surface area contributed by atoms with Crippen molar-refractivity contribution >= 4 is 40.7 Å². The average Bonchev–Trinajstić information content (AvgIpc) is 3.10. The Morgan fingerprint density at radius 1 is 1.15 bits per heavy atom. The number of benzene rings is 1. The molecular formula is C19H23Cl3N2O3. The molecule has 2 rings (SSSR count). The Bertz CT molecular complexity index is 737. The van der Waals surface area contributed by atoms with Gasteiger partial charge in [-0.05, 0) is 50.3 Å². The number of hydrogen-bond acceptors (Lipinski definition) is 4. The quantitative estimate of drug-likeness (QED) is 0.518. The van der Waals surface area contributed by atoms with Crippen LogP contribution in [0.4, 0.5) is 0 Å². The summed E-state index contributed by atoms with van der Waals surface area (Å²) in [5, 5.41) is 3.90. The van der Waals surface area contributed by atoms with E-state index < -0.39 is 0 Å². The first kappa shape index (κ1) is 21.9. The van der Waals surface area contributed by atoms with Crippen LogP contribution >= 0.6 is 34.8 Å². The first-order valence-electron chi connectivity index (χ1n) is 8.81. The normalized spacial score (nSPS) is 11.0. The summed E-state index contributed by atoms with van der Waals surface area (Å²) in [5.74, 6) is 0.806. The van der Waals surface area contributed by atoms with Gasteiger partial charge in [0.2, 0.25) is 0 Å². The minimum atomic E-state index is -0.247. The first-order chi connectivity index (χ1) is 12.9. The van der Waals surface area contributed by atoms with Crippen LogP contribution in [0.1, 0.15) is 36.6 Å². The van der Waals surface area contributed by atoms with Gasteiger partial charge in [-0.25, -0.2) is 0 Å². The predicted molar refractivity (Wildman–Crippen MR) is 109 cm³/mol. The van der Waals surface area contributed by atoms with Gasteiger partial charge >= 0.3 is 0 Å². The molecule has 0 aliphatic heterocycles. The number of halogens is 3. The summed E-state index contributed by atoms with van der Waals surface area (Å²) in [4.78, 5) is 14.5. The van der Waals surface area contributed by atoms with E-state index in [4.69, 9.17) is 44.0 Å². The molecule has 0 aliphatic carbocycles. The molecule has 0 atom stereocenters. The molecule has 2 aromatic rings. The van der Waals surface area contributed by atoms with E-state index in [2.05, 4.69) is 24.1 Å². The Morgan fingerprint density at radius 3 is 2.44 bits per heavy atom. The van der Waals surface area contributed by atoms with Crippen molar-refractivity contribution in [3.63, 3.8) is 0 Å². The molecular weight excluding hydrogens is 411 g/mol. The van der Waals surface area contributed by atoms with Crippen LogP contribution in [0.5, 0.6) is 5.75 Å². The van der Waals surface area contributed by atoms with E-state index >= 15 is 0 Å². The van der Waals surface area contributed by atoms with E-state index in [0.29, 0.717) is 33.1 Å². The number of carbonyl (C=O) groups is 1. The lowest BCUT2D eigenvalue weighted by Crippen LogP contribution is -2.29. The van der Waals surface area contributed by atoms with Crippen LogP contribution in [0.15, 0.2) is 28.7 Å². The van der Waals surface area contributed by atoms with Gasteiger partial charge in [0, 0.05) is 11.6 Å². The third kappa shape index (κ3) is 6.61. The summed E-state index contributed by atoms with van der Waals surface area (Å²) < 4.78 is 11.1. The standard InChI is InChI=1S/C19H23Cl3N2O3/c1-3-24(4-2)9-5-8-23-19(25)17-7-6-14(27-17)12-26-18-15(21)10-13(20)11-16(18)22/h6-7,10-11H,3-5,8-9,12H2,1-2H3,(H,23,25). The zero-order valence-electron chi connectivity index (χ0n) is 15.4. The molecule has 1 aromatic heterocycles. The minimum Gasteiger partial charge on any atom is -0.483 e. The Kier molecular flexibility index (Phi) is 8.77. The summed E-state index contributed by atoms with van der Waals surface area (Å²) in [5.41, 5.74) is 0. The molecule has 5 nitrogen and oxygen atoms in total. The lowest BCUT2D eigenvalue weighted by Gasteiger charge is -2.17. The van der Waals surface area contributed by atoms with Gasteiger partial charge in [-0.15, -0.1) is 0 Å². The maximum absolute atomic E-state index is 12.1. The highest BCUT2D eigenvalue weighted by atomic mass is 35.5. The first-order valence-corrected chi connectivity index (χ1v) is 9.94. The lowest BCUT2D eigenvalue weighted by atomic mass is 10.3. The van der Waals surface area contributed by atoms with Crippen LogP contribution in [0.3, 0.4) is 0 Å². The highest BCUT2D eigenvalue weighted by Gasteiger charge is 2.13. The minimum absolute atomic E-state index is 0.0936. The van der Waals surface area contributed by atoms with E-state index in [-0.39, 0.29) is 18.3 Å². The molecule has 0 bridgehead atoms. The van der Waals surface area contributed by atoms with Crippen LogP contribution in [0, 0.1) is 0 Å². The van der Waals surface area contributed by atoms with Crippen molar-refractivity contribution in [2.24, 2.45) is 0 Å². The zero-order valence-corrected chi connectivity index (χ0v) is 17.6. The molecule has 1 aromatic carbocycles. The smallest absolute Gasteiger partial charge is 0.286 e. The average molecular weight is 434 g/mol. The summed E-state index contributed by atoms with van der Waals surface area (Å²) in [7, 11) is 0. The van der Waals surface area contributed by atoms with E-state index in [1.54, 1.807) is 24.3 Å². The lowest BCUT2D eigenvalue weighted by molar-refractivity contribution is 0.0920. The number of carbonyl (C=O) groups excluding carboxylic acids is 1. The van der Waals surface area contributed by atoms with Crippen LogP contribution in [0.2, 0.25) is 15.1 Å². The summed E-state index contributed by atoms with van der Waals surface area (Å²) in [6.07, 6.45) is 0.887. The molecule has 0 radical (unpaired) electrons. The third-order valence-electron chi connectivity index (χ3n) is 4.04. The largest absolute Gasteiger partial charge is 0.483 e. The number of rotatable bonds is 10. The second-order valence-electron chi connectivity index (χ2n) is 5.89. The van der Waals surface area contributed by atoms with Crippen molar-refractivity contribution in [2.45, 2.75) is 26.9 Å². The zero-order chi connectivity index (χ0) is 19.8. The molecule has 148 valence electrons. The van der Waals surface area contributed by atoms with Gasteiger partial charge in [0.15, 0.2) is 11.5 Å². The van der Waals surface area contributed by atoms with E-state index in [1.165, 1.54) is 0 Å². The Labute approximate surface area is 174 Å².